The normalized spacial score (nSPS) is 10.9. The molecule has 4 aromatic heterocycles. The van der Waals surface area contributed by atoms with E-state index in [9.17, 15) is 0 Å². The molecule has 0 bridgehead atoms. The number of hydrogen-bond acceptors (Lipinski definition) is 6. The fourth-order valence-corrected chi connectivity index (χ4v) is 5.59. The number of rotatable bonds is 7. The molecule has 0 radical (unpaired) electrons. The largest absolute Gasteiger partial charge is 0.255 e. The molecule has 4 aromatic carbocycles. The number of hydrogen-bond donors (Lipinski definition) is 0. The molecule has 8 rings (SSSR count). The quantitative estimate of drug-likeness (QED) is 0.177. The van der Waals surface area contributed by atoms with Gasteiger partial charge in [0.25, 0.3) is 0 Å². The summed E-state index contributed by atoms with van der Waals surface area (Å²) in [5.41, 5.74) is 10.4. The minimum absolute atomic E-state index is 0.634. The van der Waals surface area contributed by atoms with Crippen LogP contribution in [0.5, 0.6) is 0 Å². The minimum atomic E-state index is 0.634. The Labute approximate surface area is 278 Å². The van der Waals surface area contributed by atoms with Gasteiger partial charge in [-0.3, -0.25) is 9.97 Å². The van der Waals surface area contributed by atoms with Crippen molar-refractivity contribution in [1.82, 2.24) is 29.9 Å². The maximum atomic E-state index is 4.90. The van der Waals surface area contributed by atoms with Crippen LogP contribution in [0.25, 0.3) is 79.2 Å². The van der Waals surface area contributed by atoms with E-state index in [0.29, 0.717) is 17.5 Å². The second-order valence-corrected chi connectivity index (χ2v) is 11.2. The topological polar surface area (TPSA) is 77.3 Å². The molecule has 6 nitrogen and oxygen atoms in total. The Morgan fingerprint density at radius 3 is 1.00 bits per heavy atom. The fourth-order valence-electron chi connectivity index (χ4n) is 5.59. The summed E-state index contributed by atoms with van der Waals surface area (Å²) in [6.45, 7) is 0. The maximum absolute atomic E-state index is 4.90. The summed E-state index contributed by atoms with van der Waals surface area (Å²) in [5.74, 6) is 1.93. The lowest BCUT2D eigenvalue weighted by Crippen LogP contribution is -2.00. The highest BCUT2D eigenvalue weighted by Gasteiger charge is 2.13. The van der Waals surface area contributed by atoms with Crippen molar-refractivity contribution in [3.8, 4) is 79.2 Å². The van der Waals surface area contributed by atoms with Crippen molar-refractivity contribution in [2.24, 2.45) is 0 Å². The zero-order valence-electron chi connectivity index (χ0n) is 25.8. The third-order valence-electron chi connectivity index (χ3n) is 8.07. The summed E-state index contributed by atoms with van der Waals surface area (Å²) < 4.78 is 0. The Kier molecular flexibility index (Phi) is 7.79. The summed E-state index contributed by atoms with van der Waals surface area (Å²) in [6.07, 6.45) is 3.57. The number of aromatic nitrogens is 6. The molecule has 0 unspecified atom stereocenters. The van der Waals surface area contributed by atoms with Gasteiger partial charge in [0.05, 0.1) is 22.8 Å². The lowest BCUT2D eigenvalue weighted by molar-refractivity contribution is 1.07. The van der Waals surface area contributed by atoms with Gasteiger partial charge in [0.15, 0.2) is 17.5 Å². The third kappa shape index (κ3) is 6.10. The number of nitrogens with zero attached hydrogens (tertiary/aromatic N) is 6. The highest BCUT2D eigenvalue weighted by atomic mass is 15.0. The van der Waals surface area contributed by atoms with Crippen molar-refractivity contribution in [3.05, 3.63) is 170 Å². The molecule has 0 fully saturated rings. The first-order chi connectivity index (χ1) is 23.8. The molecule has 226 valence electrons. The molecule has 8 aromatic rings. The molecule has 0 atom stereocenters. The Morgan fingerprint density at radius 1 is 0.250 bits per heavy atom. The first kappa shape index (κ1) is 28.8. The molecule has 0 spiro atoms. The highest BCUT2D eigenvalue weighted by molar-refractivity contribution is 5.77. The molecule has 0 aliphatic rings. The van der Waals surface area contributed by atoms with E-state index in [1.807, 2.05) is 97.1 Å². The summed E-state index contributed by atoms with van der Waals surface area (Å²) in [7, 11) is 0. The lowest BCUT2D eigenvalue weighted by atomic mass is 9.98. The number of pyridine rings is 3. The van der Waals surface area contributed by atoms with E-state index in [1.165, 1.54) is 0 Å². The summed E-state index contributed by atoms with van der Waals surface area (Å²) in [6, 6.07) is 52.9. The van der Waals surface area contributed by atoms with Gasteiger partial charge in [0.1, 0.15) is 0 Å². The average molecular weight is 617 g/mol. The molecule has 0 aliphatic heterocycles. The molecule has 0 saturated carbocycles. The predicted molar refractivity (Wildman–Crippen MR) is 191 cm³/mol. The second-order valence-electron chi connectivity index (χ2n) is 11.2. The second kappa shape index (κ2) is 13.0. The van der Waals surface area contributed by atoms with Crippen molar-refractivity contribution < 1.29 is 0 Å². The van der Waals surface area contributed by atoms with E-state index in [4.69, 9.17) is 19.9 Å². The van der Waals surface area contributed by atoms with Crippen molar-refractivity contribution in [1.29, 1.82) is 0 Å². The molecular formula is C42H28N6. The monoisotopic (exact) mass is 616 g/mol. The Bertz CT molecular complexity index is 2010. The first-order valence-electron chi connectivity index (χ1n) is 15.7. The van der Waals surface area contributed by atoms with Crippen molar-refractivity contribution >= 4 is 0 Å². The SMILES string of the molecule is c1ccc(-c2nc(-c3ccccc3)nc(-c3ccc(-c4ccc(-c5cc(-c6ccccn6)nc(-c6ccccn6)c5)cc4)cc3)n2)cc1. The minimum Gasteiger partial charge on any atom is -0.255 e. The Hall–Kier alpha value is -6.66. The standard InChI is InChI=1S/C42H28N6/c1-3-11-32(12-4-1)40-46-41(33-13-5-2-6-14-33)48-42(47-40)34-23-21-30(22-24-34)29-17-19-31(20-18-29)35-27-38(36-15-7-9-25-43-36)45-39(28-35)37-16-8-10-26-44-37/h1-28H. The van der Waals surface area contributed by atoms with E-state index >= 15 is 0 Å². The van der Waals surface area contributed by atoms with E-state index < -0.39 is 0 Å². The van der Waals surface area contributed by atoms with Gasteiger partial charge in [0.2, 0.25) is 0 Å². The highest BCUT2D eigenvalue weighted by Crippen LogP contribution is 2.32. The van der Waals surface area contributed by atoms with Crippen LogP contribution in [-0.2, 0) is 0 Å². The number of benzene rings is 4. The average Bonchev–Trinajstić information content (AvgIpc) is 3.19. The zero-order valence-corrected chi connectivity index (χ0v) is 25.8. The van der Waals surface area contributed by atoms with E-state index in [1.54, 1.807) is 12.4 Å². The summed E-state index contributed by atoms with van der Waals surface area (Å²) in [5, 5.41) is 0. The van der Waals surface area contributed by atoms with Gasteiger partial charge in [-0.25, -0.2) is 19.9 Å². The van der Waals surface area contributed by atoms with Crippen LogP contribution in [0.2, 0.25) is 0 Å². The van der Waals surface area contributed by atoms with E-state index in [2.05, 4.69) is 70.6 Å². The lowest BCUT2D eigenvalue weighted by Gasteiger charge is -2.11. The van der Waals surface area contributed by atoms with Crippen LogP contribution in [0.15, 0.2) is 170 Å². The molecule has 0 saturated heterocycles. The molecule has 48 heavy (non-hydrogen) atoms. The first-order valence-corrected chi connectivity index (χ1v) is 15.7. The molecule has 0 N–H and O–H groups in total. The van der Waals surface area contributed by atoms with Crippen molar-refractivity contribution in [3.63, 3.8) is 0 Å². The van der Waals surface area contributed by atoms with Crippen molar-refractivity contribution in [2.45, 2.75) is 0 Å². The smallest absolute Gasteiger partial charge is 0.164 e. The van der Waals surface area contributed by atoms with Crippen molar-refractivity contribution in [2.75, 3.05) is 0 Å². The van der Waals surface area contributed by atoms with Gasteiger partial charge in [-0.2, -0.15) is 0 Å². The molecule has 4 heterocycles. The Morgan fingerprint density at radius 2 is 0.604 bits per heavy atom. The van der Waals surface area contributed by atoms with Crippen LogP contribution < -0.4 is 0 Å². The fraction of sp³-hybridized carbons (Fsp3) is 0. The molecule has 0 aliphatic carbocycles. The molecular weight excluding hydrogens is 589 g/mol. The van der Waals surface area contributed by atoms with Gasteiger partial charge in [-0.1, -0.05) is 121 Å². The van der Waals surface area contributed by atoms with Crippen LogP contribution >= 0.6 is 0 Å². The zero-order chi connectivity index (χ0) is 32.1. The van der Waals surface area contributed by atoms with Crippen LogP contribution in [0.1, 0.15) is 0 Å². The van der Waals surface area contributed by atoms with Gasteiger partial charge in [0, 0.05) is 29.1 Å². The van der Waals surface area contributed by atoms with E-state index in [0.717, 1.165) is 61.7 Å². The predicted octanol–water partition coefficient (Wildman–Crippen LogP) is 9.73. The van der Waals surface area contributed by atoms with Crippen LogP contribution in [0.4, 0.5) is 0 Å². The Balaban J connectivity index is 1.11. The van der Waals surface area contributed by atoms with E-state index in [-0.39, 0.29) is 0 Å². The summed E-state index contributed by atoms with van der Waals surface area (Å²) >= 11 is 0. The van der Waals surface area contributed by atoms with Gasteiger partial charge >= 0.3 is 0 Å². The van der Waals surface area contributed by atoms with Crippen LogP contribution in [0, 0.1) is 0 Å². The maximum Gasteiger partial charge on any atom is 0.164 e. The molecule has 0 amide bonds. The molecule has 6 heteroatoms. The van der Waals surface area contributed by atoms with Gasteiger partial charge in [-0.15, -0.1) is 0 Å². The van der Waals surface area contributed by atoms with Crippen LogP contribution in [0.3, 0.4) is 0 Å². The third-order valence-corrected chi connectivity index (χ3v) is 8.07. The summed E-state index contributed by atoms with van der Waals surface area (Å²) in [4.78, 5) is 28.5. The van der Waals surface area contributed by atoms with Gasteiger partial charge < -0.3 is 0 Å². The van der Waals surface area contributed by atoms with Gasteiger partial charge in [-0.05, 0) is 58.7 Å². The van der Waals surface area contributed by atoms with Crippen LogP contribution in [-0.4, -0.2) is 29.9 Å².